The van der Waals surface area contributed by atoms with Crippen LogP contribution in [0.4, 0.5) is 0 Å². The Bertz CT molecular complexity index is 836. The molecule has 0 atom stereocenters. The second-order valence-electron chi connectivity index (χ2n) is 5.54. The van der Waals surface area contributed by atoms with Crippen molar-refractivity contribution in [2.24, 2.45) is 0 Å². The van der Waals surface area contributed by atoms with Crippen LogP contribution in [-0.2, 0) is 0 Å². The van der Waals surface area contributed by atoms with Crippen LogP contribution >= 0.6 is 0 Å². The van der Waals surface area contributed by atoms with Crippen LogP contribution in [0.15, 0.2) is 72.8 Å². The van der Waals surface area contributed by atoms with Gasteiger partial charge in [0.05, 0.1) is 0 Å². The Morgan fingerprint density at radius 3 is 1.12 bits per heavy atom. The Hall–Kier alpha value is -1.82. The molecule has 2 radical (unpaired) electrons. The van der Waals surface area contributed by atoms with E-state index in [1.807, 2.05) is 72.8 Å². The van der Waals surface area contributed by atoms with Crippen LogP contribution in [0.25, 0.3) is 0 Å². The van der Waals surface area contributed by atoms with Crippen LogP contribution in [-0.4, -0.2) is 45.2 Å². The van der Waals surface area contributed by atoms with Crippen LogP contribution in [0.2, 0.25) is 0 Å². The second kappa shape index (κ2) is 6.73. The first-order chi connectivity index (χ1) is 12.8. The maximum absolute atomic E-state index is 5.78. The summed E-state index contributed by atoms with van der Waals surface area (Å²) in [5.41, 5.74) is 0. The van der Waals surface area contributed by atoms with Gasteiger partial charge in [-0.1, -0.05) is 0 Å². The van der Waals surface area contributed by atoms with Gasteiger partial charge in [0, 0.05) is 0 Å². The third-order valence-electron chi connectivity index (χ3n) is 3.79. The Morgan fingerprint density at radius 1 is 0.462 bits per heavy atom. The van der Waals surface area contributed by atoms with E-state index in [0.717, 1.165) is 11.5 Å². The van der Waals surface area contributed by atoms with E-state index in [1.54, 1.807) is 0 Å². The summed E-state index contributed by atoms with van der Waals surface area (Å²) in [6.07, 6.45) is 0. The molecule has 3 aliphatic rings. The number of fused-ring (bicyclic) bond motifs is 3. The van der Waals surface area contributed by atoms with E-state index in [0.29, 0.717) is 23.0 Å². The molecule has 0 N–H and O–H groups in total. The molecule has 6 nitrogen and oxygen atoms in total. The van der Waals surface area contributed by atoms with E-state index in [1.165, 1.54) is 0 Å². The third-order valence-corrected chi connectivity index (χ3v) is 11.5. The van der Waals surface area contributed by atoms with Gasteiger partial charge in [-0.05, 0) is 0 Å². The number of hydrogen-bond acceptors (Lipinski definition) is 6. The van der Waals surface area contributed by atoms with Gasteiger partial charge in [0.15, 0.2) is 0 Å². The molecule has 0 unspecified atom stereocenters. The molecular weight excluding hydrogens is 638 g/mol. The number of rotatable bonds is 0. The topological polar surface area (TPSA) is 55.4 Å². The van der Waals surface area contributed by atoms with Gasteiger partial charge in [-0.2, -0.15) is 0 Å². The van der Waals surface area contributed by atoms with E-state index in [2.05, 4.69) is 0 Å². The monoisotopic (exact) mass is 652 g/mol. The summed E-state index contributed by atoms with van der Waals surface area (Å²) in [5, 5.41) is 0. The fourth-order valence-electron chi connectivity index (χ4n) is 2.63. The summed E-state index contributed by atoms with van der Waals surface area (Å²) in [6, 6.07) is 22.8. The zero-order valence-corrected chi connectivity index (χ0v) is 20.1. The van der Waals surface area contributed by atoms with E-state index in [9.17, 15) is 0 Å². The maximum atomic E-state index is 5.78. The number of para-hydroxylation sites is 6. The molecule has 0 saturated heterocycles. The van der Waals surface area contributed by atoms with Crippen LogP contribution in [0.5, 0.6) is 34.5 Å². The second-order valence-corrected chi connectivity index (χ2v) is 13.0. The average molecular weight is 650 g/mol. The summed E-state index contributed by atoms with van der Waals surface area (Å²) in [7, 11) is 0. The van der Waals surface area contributed by atoms with Crippen molar-refractivity contribution in [1.29, 1.82) is 0 Å². The fraction of sp³-hybridized carbons (Fsp3) is 0. The quantitative estimate of drug-likeness (QED) is 0.349. The molecule has 3 aromatic rings. The van der Waals surface area contributed by atoms with E-state index < -0.39 is 45.2 Å². The summed E-state index contributed by atoms with van der Waals surface area (Å²) < 4.78 is 33.7. The molecule has 0 aromatic heterocycles. The predicted molar refractivity (Wildman–Crippen MR) is 94.6 cm³/mol. The van der Waals surface area contributed by atoms with Crippen molar-refractivity contribution in [2.75, 3.05) is 0 Å². The fourth-order valence-corrected chi connectivity index (χ4v) is 10.5. The number of hydrogen-bond donors (Lipinski definition) is 0. The average Bonchev–Trinajstić information content (AvgIpc) is 3.36. The van der Waals surface area contributed by atoms with E-state index in [4.69, 9.17) is 17.7 Å². The predicted octanol–water partition coefficient (Wildman–Crippen LogP) is 3.36. The molecule has 8 heteroatoms. The molecule has 6 rings (SSSR count). The van der Waals surface area contributed by atoms with Gasteiger partial charge >= 0.3 is 170 Å². The molecule has 3 heterocycles. The Morgan fingerprint density at radius 2 is 0.769 bits per heavy atom. The first kappa shape index (κ1) is 16.4. The molecule has 3 aromatic carbocycles. The standard InChI is InChI=1S/3C6H6O2.Pb.Sn/c3*7-5-3-1-2-4-6(5)8;;/h3*1-4,7-8H;;/q;;;+2;+4/p-6. The summed E-state index contributed by atoms with van der Waals surface area (Å²) >= 11 is -5.03. The van der Waals surface area contributed by atoms with E-state index >= 15 is 0 Å². The Balaban J connectivity index is 0.000000141. The molecular formula is C18H12O6PbSn. The molecule has 26 heavy (non-hydrogen) atoms. The molecule has 0 saturated carbocycles. The van der Waals surface area contributed by atoms with Crippen molar-refractivity contribution < 1.29 is 17.7 Å². The summed E-state index contributed by atoms with van der Waals surface area (Å²) in [6.45, 7) is 0. The first-order valence-electron chi connectivity index (χ1n) is 7.93. The summed E-state index contributed by atoms with van der Waals surface area (Å²) in [5.74, 6) is 4.68. The van der Waals surface area contributed by atoms with Crippen LogP contribution in [0.1, 0.15) is 0 Å². The van der Waals surface area contributed by atoms with E-state index in [-0.39, 0.29) is 0 Å². The van der Waals surface area contributed by atoms with Gasteiger partial charge in [-0.15, -0.1) is 0 Å². The van der Waals surface area contributed by atoms with Gasteiger partial charge in [0.25, 0.3) is 0 Å². The van der Waals surface area contributed by atoms with Crippen molar-refractivity contribution in [2.45, 2.75) is 0 Å². The van der Waals surface area contributed by atoms with Crippen molar-refractivity contribution in [3.63, 3.8) is 0 Å². The minimum atomic E-state index is -3.89. The minimum absolute atomic E-state index is 0.705. The van der Waals surface area contributed by atoms with Gasteiger partial charge in [0.2, 0.25) is 0 Å². The number of benzene rings is 3. The van der Waals surface area contributed by atoms with Crippen LogP contribution in [0, 0.1) is 0 Å². The van der Waals surface area contributed by atoms with Gasteiger partial charge in [0.1, 0.15) is 0 Å². The van der Waals surface area contributed by atoms with Crippen LogP contribution in [0.3, 0.4) is 0 Å². The molecule has 1 spiro atoms. The van der Waals surface area contributed by atoms with Crippen molar-refractivity contribution in [3.8, 4) is 34.5 Å². The molecule has 0 fully saturated rings. The molecule has 0 aliphatic carbocycles. The molecule has 128 valence electrons. The molecule has 0 bridgehead atoms. The van der Waals surface area contributed by atoms with Crippen LogP contribution < -0.4 is 17.7 Å². The van der Waals surface area contributed by atoms with Gasteiger partial charge in [-0.3, -0.25) is 0 Å². The third kappa shape index (κ3) is 3.04. The molecule has 3 aliphatic heterocycles. The normalized spacial score (nSPS) is 16.2. The Labute approximate surface area is 169 Å². The van der Waals surface area contributed by atoms with Gasteiger partial charge < -0.3 is 0 Å². The van der Waals surface area contributed by atoms with Crippen molar-refractivity contribution >= 4 is 45.2 Å². The van der Waals surface area contributed by atoms with Crippen molar-refractivity contribution in [1.82, 2.24) is 0 Å². The zero-order valence-electron chi connectivity index (χ0n) is 13.4. The summed E-state index contributed by atoms with van der Waals surface area (Å²) in [4.78, 5) is 0. The first-order valence-corrected chi connectivity index (χ1v) is 15.8. The Kier molecular flexibility index (Phi) is 4.23. The molecule has 0 amide bonds. The van der Waals surface area contributed by atoms with Gasteiger partial charge in [-0.25, -0.2) is 0 Å². The van der Waals surface area contributed by atoms with Crippen molar-refractivity contribution in [3.05, 3.63) is 72.8 Å². The zero-order chi connectivity index (χ0) is 17.4. The SMILES string of the molecule is c1ccc2c(c1)[O][Pb][O]2.c1ccc2c(c1)[O][Sn]1([O]2)[O]c2ccccc2[O]1.